The number of carbonyl (C=O) groups excluding carboxylic acids is 1. The summed E-state index contributed by atoms with van der Waals surface area (Å²) in [6.07, 6.45) is 0.591. The summed E-state index contributed by atoms with van der Waals surface area (Å²) in [6.45, 7) is 0.475. The van der Waals surface area contributed by atoms with Crippen molar-refractivity contribution in [3.8, 4) is 0 Å². The highest BCUT2D eigenvalue weighted by Gasteiger charge is 2.16. The second-order valence-electron chi connectivity index (χ2n) is 6.79. The summed E-state index contributed by atoms with van der Waals surface area (Å²) in [5.74, 6) is 0.268. The predicted octanol–water partition coefficient (Wildman–Crippen LogP) is 5.94. The molecule has 0 saturated carbocycles. The van der Waals surface area contributed by atoms with Gasteiger partial charge < -0.3 is 5.32 Å². The molecule has 0 unspecified atom stereocenters. The van der Waals surface area contributed by atoms with Gasteiger partial charge in [-0.25, -0.2) is 4.99 Å². The lowest BCUT2D eigenvalue weighted by Crippen LogP contribution is -2.25. The van der Waals surface area contributed by atoms with Gasteiger partial charge in [0.05, 0.1) is 27.9 Å². The molecule has 150 valence electrons. The predicted molar refractivity (Wildman–Crippen MR) is 127 cm³/mol. The number of fused-ring (bicyclic) bond motifs is 1. The molecule has 30 heavy (non-hydrogen) atoms. The molecule has 0 aliphatic carbocycles. The molecule has 0 atom stereocenters. The molecule has 1 aliphatic rings. The molecular weight excluding hydrogens is 414 g/mol. The minimum absolute atomic E-state index is 0.0339. The highest BCUT2D eigenvalue weighted by Crippen LogP contribution is 2.33. The number of rotatable bonds is 5. The van der Waals surface area contributed by atoms with Crippen molar-refractivity contribution in [2.75, 3.05) is 5.75 Å². The number of thioether (sulfide) groups is 1. The number of hydrogen-bond donors (Lipinski definition) is 1. The van der Waals surface area contributed by atoms with Gasteiger partial charge in [-0.05, 0) is 35.4 Å². The second kappa shape index (κ2) is 9.74. The Bertz CT molecular complexity index is 1090. The third-order valence-electron chi connectivity index (χ3n) is 4.58. The number of aliphatic imine (C=N–C) groups is 2. The average molecular weight is 434 g/mol. The summed E-state index contributed by atoms with van der Waals surface area (Å²) in [6, 6.07) is 25.4. The van der Waals surface area contributed by atoms with Crippen molar-refractivity contribution >= 4 is 51.4 Å². The van der Waals surface area contributed by atoms with Gasteiger partial charge in [-0.3, -0.25) is 9.79 Å². The van der Waals surface area contributed by atoms with Gasteiger partial charge in [0.2, 0.25) is 5.91 Å². The first-order valence-corrected chi connectivity index (χ1v) is 11.0. The van der Waals surface area contributed by atoms with E-state index in [9.17, 15) is 4.79 Å². The van der Waals surface area contributed by atoms with Crippen LogP contribution >= 0.6 is 23.4 Å². The zero-order valence-electron chi connectivity index (χ0n) is 16.2. The Kier molecular flexibility index (Phi) is 6.62. The zero-order valence-corrected chi connectivity index (χ0v) is 17.8. The highest BCUT2D eigenvalue weighted by atomic mass is 35.5. The molecule has 3 aromatic rings. The Balaban J connectivity index is 1.44. The summed E-state index contributed by atoms with van der Waals surface area (Å²) in [5.41, 5.74) is 4.70. The Labute approximate surface area is 185 Å². The lowest BCUT2D eigenvalue weighted by atomic mass is 10.1. The number of benzene rings is 3. The van der Waals surface area contributed by atoms with Crippen LogP contribution in [0.3, 0.4) is 0 Å². The number of hydrogen-bond acceptors (Lipinski definition) is 4. The highest BCUT2D eigenvalue weighted by molar-refractivity contribution is 8.14. The van der Waals surface area contributed by atoms with E-state index in [-0.39, 0.29) is 5.91 Å². The van der Waals surface area contributed by atoms with E-state index in [0.29, 0.717) is 23.7 Å². The van der Waals surface area contributed by atoms with Gasteiger partial charge in [-0.1, -0.05) is 66.2 Å². The third kappa shape index (κ3) is 5.38. The molecule has 1 N–H and O–H groups in total. The molecule has 3 aromatic carbocycles. The summed E-state index contributed by atoms with van der Waals surface area (Å²) >= 11 is 7.36. The molecule has 0 aromatic heterocycles. The van der Waals surface area contributed by atoms with Crippen LogP contribution in [-0.2, 0) is 11.3 Å². The van der Waals surface area contributed by atoms with Crippen molar-refractivity contribution in [3.63, 3.8) is 0 Å². The van der Waals surface area contributed by atoms with E-state index in [2.05, 4.69) is 5.32 Å². The normalized spacial score (nSPS) is 13.0. The van der Waals surface area contributed by atoms with Crippen molar-refractivity contribution in [2.45, 2.75) is 13.0 Å². The molecule has 1 amide bonds. The minimum Gasteiger partial charge on any atom is -0.351 e. The van der Waals surface area contributed by atoms with Gasteiger partial charge in [-0.2, -0.15) is 0 Å². The van der Waals surface area contributed by atoms with Crippen molar-refractivity contribution < 1.29 is 4.79 Å². The van der Waals surface area contributed by atoms with Crippen LogP contribution in [0.4, 0.5) is 11.4 Å². The summed E-state index contributed by atoms with van der Waals surface area (Å²) < 4.78 is 0. The summed E-state index contributed by atoms with van der Waals surface area (Å²) in [4.78, 5) is 22.0. The van der Waals surface area contributed by atoms with Crippen LogP contribution in [0, 0.1) is 0 Å². The molecular formula is C24H20ClN3OS. The average Bonchev–Trinajstić information content (AvgIpc) is 2.97. The van der Waals surface area contributed by atoms with Crippen LogP contribution in [-0.4, -0.2) is 22.4 Å². The second-order valence-corrected chi connectivity index (χ2v) is 8.27. The third-order valence-corrected chi connectivity index (χ3v) is 5.81. The number of nitrogens with zero attached hydrogens (tertiary/aromatic N) is 2. The Morgan fingerprint density at radius 2 is 1.57 bits per heavy atom. The van der Waals surface area contributed by atoms with E-state index in [4.69, 9.17) is 21.6 Å². The lowest BCUT2D eigenvalue weighted by molar-refractivity contribution is -0.118. The molecule has 0 spiro atoms. The summed E-state index contributed by atoms with van der Waals surface area (Å²) in [5, 5.41) is 4.51. The van der Waals surface area contributed by atoms with Gasteiger partial charge in [0.15, 0.2) is 0 Å². The smallest absolute Gasteiger partial charge is 0.230 e. The van der Waals surface area contributed by atoms with E-state index in [1.165, 1.54) is 11.8 Å². The Morgan fingerprint density at radius 1 is 0.900 bits per heavy atom. The summed E-state index contributed by atoms with van der Waals surface area (Å²) in [7, 11) is 0. The van der Waals surface area contributed by atoms with E-state index >= 15 is 0 Å². The van der Waals surface area contributed by atoms with Crippen molar-refractivity contribution in [2.24, 2.45) is 9.98 Å². The fourth-order valence-electron chi connectivity index (χ4n) is 3.04. The molecule has 6 heteroatoms. The van der Waals surface area contributed by atoms with Crippen LogP contribution in [0.15, 0.2) is 88.8 Å². The SMILES string of the molecule is O=C(CSC1=Nc2ccccc2N=C(c2ccccc2)C1)NCc1ccc(Cl)cc1. The first-order chi connectivity index (χ1) is 14.7. The number of halogens is 1. The first-order valence-electron chi connectivity index (χ1n) is 9.61. The number of amides is 1. The zero-order chi connectivity index (χ0) is 20.8. The van der Waals surface area contributed by atoms with E-state index in [0.717, 1.165) is 33.3 Å². The van der Waals surface area contributed by atoms with Crippen LogP contribution in [0.1, 0.15) is 17.5 Å². The molecule has 1 aliphatic heterocycles. The molecule has 0 radical (unpaired) electrons. The number of carbonyl (C=O) groups is 1. The van der Waals surface area contributed by atoms with Gasteiger partial charge in [0.1, 0.15) is 0 Å². The van der Waals surface area contributed by atoms with Crippen LogP contribution in [0.25, 0.3) is 0 Å². The molecule has 0 fully saturated rings. The molecule has 4 nitrogen and oxygen atoms in total. The minimum atomic E-state index is -0.0339. The first kappa shape index (κ1) is 20.4. The van der Waals surface area contributed by atoms with E-state index in [1.54, 1.807) is 0 Å². The van der Waals surface area contributed by atoms with Crippen LogP contribution in [0.2, 0.25) is 5.02 Å². The fraction of sp³-hybridized carbons (Fsp3) is 0.125. The van der Waals surface area contributed by atoms with Crippen LogP contribution in [0.5, 0.6) is 0 Å². The largest absolute Gasteiger partial charge is 0.351 e. The lowest BCUT2D eigenvalue weighted by Gasteiger charge is -2.08. The van der Waals surface area contributed by atoms with Gasteiger partial charge in [-0.15, -0.1) is 11.8 Å². The monoisotopic (exact) mass is 433 g/mol. The standard InChI is InChI=1S/C24H20ClN3OS/c25-19-12-10-17(11-13-19)15-26-23(29)16-30-24-14-22(18-6-2-1-3-7-18)27-20-8-4-5-9-21(20)28-24/h1-13H,14-16H2,(H,26,29). The maximum atomic E-state index is 12.4. The van der Waals surface area contributed by atoms with Crippen LogP contribution < -0.4 is 5.32 Å². The maximum Gasteiger partial charge on any atom is 0.230 e. The van der Waals surface area contributed by atoms with Gasteiger partial charge in [0, 0.05) is 18.0 Å². The topological polar surface area (TPSA) is 53.8 Å². The van der Waals surface area contributed by atoms with Gasteiger partial charge >= 0.3 is 0 Å². The Hall–Kier alpha value is -2.89. The maximum absolute atomic E-state index is 12.4. The number of para-hydroxylation sites is 2. The Morgan fingerprint density at radius 3 is 2.30 bits per heavy atom. The van der Waals surface area contributed by atoms with E-state index in [1.807, 2.05) is 78.9 Å². The molecule has 1 heterocycles. The van der Waals surface area contributed by atoms with Gasteiger partial charge in [0.25, 0.3) is 0 Å². The molecule has 0 saturated heterocycles. The fourth-order valence-corrected chi connectivity index (χ4v) is 3.97. The molecule has 0 bridgehead atoms. The van der Waals surface area contributed by atoms with E-state index < -0.39 is 0 Å². The van der Waals surface area contributed by atoms with Crippen molar-refractivity contribution in [1.29, 1.82) is 0 Å². The molecule has 4 rings (SSSR count). The van der Waals surface area contributed by atoms with Crippen molar-refractivity contribution in [1.82, 2.24) is 5.32 Å². The number of nitrogens with one attached hydrogen (secondary N) is 1. The quantitative estimate of drug-likeness (QED) is 0.541. The van der Waals surface area contributed by atoms with Crippen molar-refractivity contribution in [3.05, 3.63) is 95.0 Å².